The second kappa shape index (κ2) is 6.24. The van der Waals surface area contributed by atoms with Crippen molar-refractivity contribution in [2.75, 3.05) is 6.54 Å². The summed E-state index contributed by atoms with van der Waals surface area (Å²) >= 11 is 0. The fraction of sp³-hybridized carbons (Fsp3) is 0.667. The maximum atomic E-state index is 12.3. The van der Waals surface area contributed by atoms with Crippen LogP contribution >= 0.6 is 0 Å². The molecule has 4 nitrogen and oxygen atoms in total. The van der Waals surface area contributed by atoms with E-state index in [0.29, 0.717) is 18.6 Å². The van der Waals surface area contributed by atoms with Gasteiger partial charge in [0.1, 0.15) is 0 Å². The van der Waals surface area contributed by atoms with Gasteiger partial charge in [0.15, 0.2) is 0 Å². The van der Waals surface area contributed by atoms with Gasteiger partial charge in [-0.3, -0.25) is 4.79 Å². The summed E-state index contributed by atoms with van der Waals surface area (Å²) in [5.74, 6) is 0.226. The van der Waals surface area contributed by atoms with Crippen LogP contribution in [0.2, 0.25) is 0 Å². The lowest BCUT2D eigenvalue weighted by molar-refractivity contribution is -0.131. The molecule has 2 rings (SSSR count). The third-order valence-corrected chi connectivity index (χ3v) is 3.91. The van der Waals surface area contributed by atoms with E-state index < -0.39 is 0 Å². The molecule has 19 heavy (non-hydrogen) atoms. The zero-order valence-corrected chi connectivity index (χ0v) is 12.2. The second-order valence-corrected chi connectivity index (χ2v) is 5.55. The molecular weight excluding hydrogens is 238 g/mol. The summed E-state index contributed by atoms with van der Waals surface area (Å²) in [4.78, 5) is 14.4. The highest BCUT2D eigenvalue weighted by Gasteiger charge is 2.32. The Hall–Kier alpha value is -1.29. The number of amides is 1. The van der Waals surface area contributed by atoms with Gasteiger partial charge in [0.2, 0.25) is 5.91 Å². The van der Waals surface area contributed by atoms with Crippen molar-refractivity contribution in [1.29, 1.82) is 0 Å². The number of carbonyl (C=O) groups excluding carboxylic acids is 1. The van der Waals surface area contributed by atoms with Gasteiger partial charge >= 0.3 is 0 Å². The highest BCUT2D eigenvalue weighted by atomic mass is 16.2. The lowest BCUT2D eigenvalue weighted by Crippen LogP contribution is -2.41. The first-order chi connectivity index (χ1) is 9.11. The van der Waals surface area contributed by atoms with E-state index in [1.165, 1.54) is 5.69 Å². The van der Waals surface area contributed by atoms with E-state index in [1.807, 2.05) is 24.2 Å². The van der Waals surface area contributed by atoms with Gasteiger partial charge in [0, 0.05) is 31.0 Å². The second-order valence-electron chi connectivity index (χ2n) is 5.55. The third-order valence-electron chi connectivity index (χ3n) is 3.91. The number of hydrogen-bond donors (Lipinski definition) is 1. The third kappa shape index (κ3) is 3.83. The molecule has 1 aliphatic rings. The summed E-state index contributed by atoms with van der Waals surface area (Å²) in [6, 6.07) is 4.98. The van der Waals surface area contributed by atoms with E-state index in [0.717, 1.165) is 25.8 Å². The van der Waals surface area contributed by atoms with Gasteiger partial charge in [-0.15, -0.1) is 0 Å². The fourth-order valence-corrected chi connectivity index (χ4v) is 2.15. The monoisotopic (exact) mass is 263 g/mol. The van der Waals surface area contributed by atoms with Gasteiger partial charge in [-0.1, -0.05) is 6.92 Å². The van der Waals surface area contributed by atoms with Gasteiger partial charge in [0.25, 0.3) is 0 Å². The number of carbonyl (C=O) groups is 1. The summed E-state index contributed by atoms with van der Waals surface area (Å²) in [5, 5.41) is 3.29. The normalized spacial score (nSPS) is 16.4. The minimum atomic E-state index is 0.226. The van der Waals surface area contributed by atoms with E-state index >= 15 is 0 Å². The van der Waals surface area contributed by atoms with Crippen LogP contribution in [0.25, 0.3) is 0 Å². The molecule has 1 aromatic heterocycles. The van der Waals surface area contributed by atoms with Crippen molar-refractivity contribution in [3.8, 4) is 0 Å². The predicted octanol–water partition coefficient (Wildman–Crippen LogP) is 1.90. The van der Waals surface area contributed by atoms with Crippen molar-refractivity contribution in [1.82, 2.24) is 14.8 Å². The zero-order valence-electron chi connectivity index (χ0n) is 12.2. The molecule has 1 atom stereocenters. The average Bonchev–Trinajstić information content (AvgIpc) is 3.17. The molecule has 0 bridgehead atoms. The van der Waals surface area contributed by atoms with E-state index in [1.54, 1.807) is 0 Å². The molecular formula is C15H25N3O. The van der Waals surface area contributed by atoms with Gasteiger partial charge in [0.05, 0.1) is 13.1 Å². The molecule has 1 aromatic rings. The van der Waals surface area contributed by atoms with Crippen LogP contribution in [0.15, 0.2) is 18.3 Å². The van der Waals surface area contributed by atoms with Crippen molar-refractivity contribution < 1.29 is 4.79 Å². The zero-order chi connectivity index (χ0) is 13.8. The van der Waals surface area contributed by atoms with E-state index in [2.05, 4.69) is 29.8 Å². The molecule has 1 saturated carbocycles. The minimum Gasteiger partial charge on any atom is -0.353 e. The number of rotatable bonds is 7. The Kier molecular flexibility index (Phi) is 4.64. The van der Waals surface area contributed by atoms with Crippen molar-refractivity contribution in [3.63, 3.8) is 0 Å². The van der Waals surface area contributed by atoms with Crippen LogP contribution in [-0.4, -0.2) is 34.0 Å². The smallest absolute Gasteiger partial charge is 0.237 e. The lowest BCUT2D eigenvalue weighted by Gasteiger charge is -2.24. The lowest BCUT2D eigenvalue weighted by atomic mass is 10.2. The van der Waals surface area contributed by atoms with Crippen molar-refractivity contribution in [2.24, 2.45) is 7.05 Å². The largest absolute Gasteiger partial charge is 0.353 e. The van der Waals surface area contributed by atoms with Crippen LogP contribution in [0.3, 0.4) is 0 Å². The Morgan fingerprint density at radius 3 is 2.84 bits per heavy atom. The summed E-state index contributed by atoms with van der Waals surface area (Å²) < 4.78 is 2.09. The predicted molar refractivity (Wildman–Crippen MR) is 76.7 cm³/mol. The van der Waals surface area contributed by atoms with Crippen LogP contribution in [0.1, 0.15) is 38.8 Å². The first kappa shape index (κ1) is 14.1. The Morgan fingerprint density at radius 1 is 1.58 bits per heavy atom. The fourth-order valence-electron chi connectivity index (χ4n) is 2.15. The molecule has 0 spiro atoms. The molecule has 1 amide bonds. The molecule has 1 N–H and O–H groups in total. The van der Waals surface area contributed by atoms with Crippen molar-refractivity contribution >= 4 is 5.91 Å². The van der Waals surface area contributed by atoms with Crippen LogP contribution < -0.4 is 5.32 Å². The molecule has 1 heterocycles. The van der Waals surface area contributed by atoms with E-state index in [4.69, 9.17) is 0 Å². The Balaban J connectivity index is 1.92. The number of nitrogens with zero attached hydrogens (tertiary/aromatic N) is 2. The summed E-state index contributed by atoms with van der Waals surface area (Å²) in [6.07, 6.45) is 5.38. The molecule has 106 valence electrons. The molecule has 0 aromatic carbocycles. The highest BCUT2D eigenvalue weighted by Crippen LogP contribution is 2.28. The summed E-state index contributed by atoms with van der Waals surface area (Å²) in [6.45, 7) is 5.43. The molecule has 4 heteroatoms. The Bertz CT molecular complexity index is 423. The first-order valence-electron chi connectivity index (χ1n) is 7.25. The van der Waals surface area contributed by atoms with Gasteiger partial charge < -0.3 is 14.8 Å². The Morgan fingerprint density at radius 2 is 2.32 bits per heavy atom. The van der Waals surface area contributed by atoms with E-state index in [9.17, 15) is 4.79 Å². The van der Waals surface area contributed by atoms with Crippen LogP contribution in [0.4, 0.5) is 0 Å². The first-order valence-corrected chi connectivity index (χ1v) is 7.25. The number of aryl methyl sites for hydroxylation is 1. The minimum absolute atomic E-state index is 0.226. The van der Waals surface area contributed by atoms with Gasteiger partial charge in [-0.25, -0.2) is 0 Å². The SMILES string of the molecule is CCC(C)NCC(=O)N(Cc1cccn1C)C1CC1. The number of nitrogens with one attached hydrogen (secondary N) is 1. The standard InChI is InChI=1S/C15H25N3O/c1-4-12(2)16-10-15(19)18(13-7-8-13)11-14-6-5-9-17(14)3/h5-6,9,12-13,16H,4,7-8,10-11H2,1-3H3. The molecule has 0 radical (unpaired) electrons. The Labute approximate surface area is 115 Å². The molecule has 0 saturated heterocycles. The quantitative estimate of drug-likeness (QED) is 0.816. The average molecular weight is 263 g/mol. The van der Waals surface area contributed by atoms with Crippen molar-refractivity contribution in [2.45, 2.75) is 51.7 Å². The molecule has 1 aliphatic carbocycles. The molecule has 1 unspecified atom stereocenters. The number of aromatic nitrogens is 1. The molecule has 0 aliphatic heterocycles. The van der Waals surface area contributed by atoms with Crippen LogP contribution in [0.5, 0.6) is 0 Å². The highest BCUT2D eigenvalue weighted by molar-refractivity contribution is 5.79. The van der Waals surface area contributed by atoms with Gasteiger partial charge in [-0.05, 0) is 38.3 Å². The van der Waals surface area contributed by atoms with Crippen molar-refractivity contribution in [3.05, 3.63) is 24.0 Å². The number of hydrogen-bond acceptors (Lipinski definition) is 2. The molecule has 1 fully saturated rings. The maximum Gasteiger partial charge on any atom is 0.237 e. The maximum absolute atomic E-state index is 12.3. The summed E-state index contributed by atoms with van der Waals surface area (Å²) in [7, 11) is 2.03. The summed E-state index contributed by atoms with van der Waals surface area (Å²) in [5.41, 5.74) is 1.20. The van der Waals surface area contributed by atoms with E-state index in [-0.39, 0.29) is 5.91 Å². The van der Waals surface area contributed by atoms with Gasteiger partial charge in [-0.2, -0.15) is 0 Å². The topological polar surface area (TPSA) is 37.3 Å². The van der Waals surface area contributed by atoms with Crippen LogP contribution in [0, 0.1) is 0 Å². The van der Waals surface area contributed by atoms with Crippen LogP contribution in [-0.2, 0) is 18.4 Å².